The molecule has 0 fully saturated rings. The number of nitrogens with zero attached hydrogens (tertiary/aromatic N) is 2. The first-order valence-electron chi connectivity index (χ1n) is 13.0. The van der Waals surface area contributed by atoms with Crippen molar-refractivity contribution >= 4 is 52.8 Å². The van der Waals surface area contributed by atoms with E-state index in [0.717, 1.165) is 38.9 Å². The summed E-state index contributed by atoms with van der Waals surface area (Å²) in [5, 5.41) is 6.12. The quantitative estimate of drug-likeness (QED) is 0.174. The molecule has 0 aliphatic carbocycles. The molecule has 3 aromatic carbocycles. The number of hydrogen-bond acceptors (Lipinski definition) is 6. The highest BCUT2D eigenvalue weighted by Gasteiger charge is 2.38. The lowest BCUT2D eigenvalue weighted by molar-refractivity contribution is 0.0931. The molecule has 1 aliphatic heterocycles. The van der Waals surface area contributed by atoms with Crippen molar-refractivity contribution in [3.8, 4) is 28.6 Å². The average molecular weight is 612 g/mol. The number of fused-ring (bicyclic) bond motifs is 3. The zero-order valence-electron chi connectivity index (χ0n) is 22.3. The molecule has 0 saturated heterocycles. The van der Waals surface area contributed by atoms with Crippen molar-refractivity contribution in [2.24, 2.45) is 0 Å². The zero-order chi connectivity index (χ0) is 29.1. The van der Waals surface area contributed by atoms with E-state index in [9.17, 15) is 4.79 Å². The molecule has 0 bridgehead atoms. The fraction of sp³-hybridized carbons (Fsp3) is 0.0968. The van der Waals surface area contributed by atoms with Gasteiger partial charge >= 0.3 is 0 Å². The highest BCUT2D eigenvalue weighted by atomic mass is 35.5. The van der Waals surface area contributed by atoms with Crippen molar-refractivity contribution in [2.75, 3.05) is 7.11 Å². The molecular formula is C31H22ClN5O3S2. The Morgan fingerprint density at radius 1 is 1.00 bits per heavy atom. The summed E-state index contributed by atoms with van der Waals surface area (Å²) in [6.45, 7) is 1.86. The Kier molecular flexibility index (Phi) is 6.34. The Bertz CT molecular complexity index is 2150. The summed E-state index contributed by atoms with van der Waals surface area (Å²) in [5.74, 6) is 0.591. The van der Waals surface area contributed by atoms with E-state index in [1.165, 1.54) is 4.68 Å². The van der Waals surface area contributed by atoms with Gasteiger partial charge < -0.3 is 24.4 Å². The minimum atomic E-state index is -0.387. The van der Waals surface area contributed by atoms with Crippen molar-refractivity contribution in [3.63, 3.8) is 0 Å². The Balaban J connectivity index is 1.46. The van der Waals surface area contributed by atoms with Gasteiger partial charge in [0.2, 0.25) is 11.8 Å². The van der Waals surface area contributed by atoms with Crippen LogP contribution in [0.15, 0.2) is 72.8 Å². The van der Waals surface area contributed by atoms with Crippen molar-refractivity contribution in [2.45, 2.75) is 12.8 Å². The monoisotopic (exact) mass is 611 g/mol. The van der Waals surface area contributed by atoms with E-state index >= 15 is 0 Å². The number of hydrogen-bond donors (Lipinski definition) is 3. The Labute approximate surface area is 254 Å². The number of methoxy groups -OCH3 is 1. The maximum atomic E-state index is 14.4. The predicted octanol–water partition coefficient (Wildman–Crippen LogP) is 8.09. The molecule has 3 aromatic heterocycles. The van der Waals surface area contributed by atoms with E-state index in [-0.39, 0.29) is 17.7 Å². The summed E-state index contributed by atoms with van der Waals surface area (Å²) in [6.07, 6.45) is 0. The van der Waals surface area contributed by atoms with Crippen LogP contribution in [0.2, 0.25) is 5.02 Å². The summed E-state index contributed by atoms with van der Waals surface area (Å²) >= 11 is 17.5. The molecule has 7 rings (SSSR count). The first-order chi connectivity index (χ1) is 20.3. The van der Waals surface area contributed by atoms with E-state index in [0.29, 0.717) is 37.3 Å². The maximum absolute atomic E-state index is 14.4. The summed E-state index contributed by atoms with van der Waals surface area (Å²) < 4.78 is 13.8. The van der Waals surface area contributed by atoms with Crippen molar-refractivity contribution in [1.29, 1.82) is 0 Å². The third-order valence-corrected chi connectivity index (χ3v) is 8.22. The molecule has 11 heteroatoms. The molecule has 3 N–H and O–H groups in total. The standard InChI is InChI=1S/C31H22ClN5O3S2/c1-15-22-24(17-8-11-19(39-2)12-9-17)25-27(34-31(42)35-28(25)41)40-30(22)37(36-15)29(38)26-23(16-6-4-3-5-7-16)20-14-18(32)10-13-21(20)33-26/h3-14,24,33H,1-2H3,(H2,34,35,41,42). The van der Waals surface area contributed by atoms with Crippen LogP contribution in [0.3, 0.4) is 0 Å². The third kappa shape index (κ3) is 4.18. The van der Waals surface area contributed by atoms with Gasteiger partial charge in [-0.2, -0.15) is 9.78 Å². The SMILES string of the molecule is COc1ccc(C2c3c(C)nn(C(=O)c4[nH]c5ccc(Cl)cc5c4-c4ccccc4)c3Oc3[nH]c(=S)[nH]c(=S)c32)cc1. The van der Waals surface area contributed by atoms with Crippen LogP contribution in [-0.2, 0) is 0 Å². The zero-order valence-corrected chi connectivity index (χ0v) is 24.7. The van der Waals surface area contributed by atoms with Crippen LogP contribution in [0.5, 0.6) is 17.5 Å². The molecule has 1 aliphatic rings. The molecule has 208 valence electrons. The molecule has 8 nitrogen and oxygen atoms in total. The van der Waals surface area contributed by atoms with Crippen molar-refractivity contribution in [1.82, 2.24) is 24.7 Å². The van der Waals surface area contributed by atoms with Crippen LogP contribution in [-0.4, -0.2) is 37.7 Å². The van der Waals surface area contributed by atoms with Crippen LogP contribution in [0.25, 0.3) is 22.0 Å². The van der Waals surface area contributed by atoms with E-state index in [1.807, 2.05) is 73.7 Å². The van der Waals surface area contributed by atoms with Gasteiger partial charge in [0.25, 0.3) is 5.91 Å². The van der Waals surface area contributed by atoms with Gasteiger partial charge in [0.1, 0.15) is 16.1 Å². The van der Waals surface area contributed by atoms with Gasteiger partial charge in [-0.3, -0.25) is 4.79 Å². The number of H-pyrrole nitrogens is 3. The number of nitrogens with one attached hydrogen (secondary N) is 3. The fourth-order valence-corrected chi connectivity index (χ4v) is 6.35. The fourth-order valence-electron chi connectivity index (χ4n) is 5.61. The summed E-state index contributed by atoms with van der Waals surface area (Å²) in [4.78, 5) is 23.9. The molecule has 1 atom stereocenters. The van der Waals surface area contributed by atoms with E-state index in [2.05, 4.69) is 15.0 Å². The van der Waals surface area contributed by atoms with Gasteiger partial charge in [-0.05, 0) is 60.6 Å². The van der Waals surface area contributed by atoms with E-state index < -0.39 is 0 Å². The van der Waals surface area contributed by atoms with Crippen molar-refractivity contribution in [3.05, 3.63) is 115 Å². The summed E-state index contributed by atoms with van der Waals surface area (Å²) in [6, 6.07) is 22.9. The minimum Gasteiger partial charge on any atom is -0.497 e. The molecule has 6 aromatic rings. The number of halogens is 1. The van der Waals surface area contributed by atoms with Gasteiger partial charge in [-0.25, -0.2) is 0 Å². The molecule has 0 radical (unpaired) electrons. The predicted molar refractivity (Wildman–Crippen MR) is 166 cm³/mol. The molecule has 0 amide bonds. The van der Waals surface area contributed by atoms with Crippen LogP contribution < -0.4 is 9.47 Å². The van der Waals surface area contributed by atoms with E-state index in [1.54, 1.807) is 13.2 Å². The van der Waals surface area contributed by atoms with Gasteiger partial charge in [0.15, 0.2) is 4.77 Å². The van der Waals surface area contributed by atoms with Gasteiger partial charge in [-0.1, -0.05) is 66.3 Å². The van der Waals surface area contributed by atoms with Gasteiger partial charge in [-0.15, -0.1) is 0 Å². The second-order valence-electron chi connectivity index (χ2n) is 9.91. The number of aromatic amines is 3. The maximum Gasteiger partial charge on any atom is 0.298 e. The third-order valence-electron chi connectivity index (χ3n) is 7.46. The highest BCUT2D eigenvalue weighted by molar-refractivity contribution is 7.72. The molecular weight excluding hydrogens is 590 g/mol. The van der Waals surface area contributed by atoms with Crippen LogP contribution in [0.4, 0.5) is 0 Å². The number of carbonyl (C=O) groups is 1. The number of ether oxygens (including phenoxy) is 2. The smallest absolute Gasteiger partial charge is 0.298 e. The van der Waals surface area contributed by atoms with Gasteiger partial charge in [0.05, 0.1) is 23.9 Å². The molecule has 0 saturated carbocycles. The minimum absolute atomic E-state index is 0.285. The number of carbonyl (C=O) groups excluding carboxylic acids is 1. The van der Waals surface area contributed by atoms with Crippen LogP contribution >= 0.6 is 36.0 Å². The lowest BCUT2D eigenvalue weighted by Crippen LogP contribution is -2.20. The lowest BCUT2D eigenvalue weighted by atomic mass is 9.85. The normalized spacial score (nSPS) is 13.8. The molecule has 1 unspecified atom stereocenters. The Morgan fingerprint density at radius 3 is 2.50 bits per heavy atom. The van der Waals surface area contributed by atoms with Crippen molar-refractivity contribution < 1.29 is 14.3 Å². The Morgan fingerprint density at radius 2 is 1.76 bits per heavy atom. The number of benzene rings is 3. The Hall–Kier alpha value is -4.51. The lowest BCUT2D eigenvalue weighted by Gasteiger charge is -2.26. The number of aromatic nitrogens is 5. The topological polar surface area (TPSA) is 101 Å². The molecule has 42 heavy (non-hydrogen) atoms. The van der Waals surface area contributed by atoms with E-state index in [4.69, 9.17) is 50.6 Å². The second kappa shape index (κ2) is 10.1. The summed E-state index contributed by atoms with van der Waals surface area (Å²) in [7, 11) is 1.62. The first-order valence-corrected chi connectivity index (χ1v) is 14.2. The van der Waals surface area contributed by atoms with Crippen LogP contribution in [0.1, 0.15) is 38.8 Å². The first kappa shape index (κ1) is 26.4. The average Bonchev–Trinajstić information content (AvgIpc) is 3.53. The molecule has 4 heterocycles. The summed E-state index contributed by atoms with van der Waals surface area (Å²) in [5.41, 5.74) is 5.71. The number of aryl methyl sites for hydroxylation is 1. The molecule has 0 spiro atoms. The largest absolute Gasteiger partial charge is 0.497 e. The van der Waals surface area contributed by atoms with Gasteiger partial charge in [0, 0.05) is 27.4 Å². The highest BCUT2D eigenvalue weighted by Crippen LogP contribution is 2.48. The second-order valence-corrected chi connectivity index (χ2v) is 11.2. The van der Waals surface area contributed by atoms with Crippen LogP contribution in [0, 0.1) is 16.3 Å². The number of rotatable bonds is 4.